The normalized spacial score (nSPS) is 11.1. The van der Waals surface area contributed by atoms with Gasteiger partial charge in [0.2, 0.25) is 0 Å². The van der Waals surface area contributed by atoms with Crippen LogP contribution in [0, 0.1) is 0 Å². The molecule has 3 rings (SSSR count). The van der Waals surface area contributed by atoms with Crippen molar-refractivity contribution >= 4 is 59.8 Å². The monoisotopic (exact) mass is 364 g/mol. The summed E-state index contributed by atoms with van der Waals surface area (Å²) in [5, 5.41) is 12.5. The number of halogens is 1. The van der Waals surface area contributed by atoms with Crippen molar-refractivity contribution in [2.24, 2.45) is 0 Å². The number of benzene rings is 2. The Balaban J connectivity index is 2.02. The van der Waals surface area contributed by atoms with Crippen LogP contribution in [0.2, 0.25) is 5.02 Å². The number of nitrogens with one attached hydrogen (secondary N) is 2. The molecule has 3 aromatic rings. The van der Waals surface area contributed by atoms with Crippen LogP contribution in [0.4, 0.5) is 0 Å². The second kappa shape index (κ2) is 7.50. The van der Waals surface area contributed by atoms with Gasteiger partial charge >= 0.3 is 5.97 Å². The number of amides is 1. The zero-order chi connectivity index (χ0) is 18.7. The number of carboxylic acid groups (broad SMARTS) is 1. The molecule has 5 nitrogen and oxygen atoms in total. The molecule has 1 amide bonds. The number of carbonyl (C=O) groups is 2. The molecule has 0 bridgehead atoms. The Morgan fingerprint density at radius 2 is 1.88 bits per heavy atom. The van der Waals surface area contributed by atoms with Crippen LogP contribution in [-0.4, -0.2) is 36.4 Å². The SMILES string of the molecule is [B]c1ccc2c(C(=O)NCC(=O)O)c(/C=C/c3ccc(Cl)cc3)[nH]c2c1. The Morgan fingerprint density at radius 1 is 1.15 bits per heavy atom. The number of carboxylic acids is 1. The standard InChI is InChI=1S/C19H14BClN2O3/c20-12-4-7-14-16(9-12)23-15(18(14)19(26)22-10-17(24)25)8-3-11-1-5-13(21)6-2-11/h1-9,23H,10H2,(H,22,26)(H,24,25)/b8-3+. The molecule has 2 aromatic carbocycles. The number of aliphatic carboxylic acids is 1. The Labute approximate surface area is 156 Å². The van der Waals surface area contributed by atoms with E-state index in [4.69, 9.17) is 24.6 Å². The average molecular weight is 365 g/mol. The maximum atomic E-state index is 12.5. The van der Waals surface area contributed by atoms with Crippen molar-refractivity contribution in [3.05, 3.63) is 64.3 Å². The van der Waals surface area contributed by atoms with Gasteiger partial charge in [0.1, 0.15) is 14.4 Å². The predicted octanol–water partition coefficient (Wildman–Crippen LogP) is 2.60. The number of hydrogen-bond donors (Lipinski definition) is 3. The number of aromatic amines is 1. The molecule has 0 aliphatic heterocycles. The molecule has 0 saturated carbocycles. The van der Waals surface area contributed by atoms with Gasteiger partial charge in [-0.3, -0.25) is 9.59 Å². The van der Waals surface area contributed by atoms with Crippen molar-refractivity contribution < 1.29 is 14.7 Å². The van der Waals surface area contributed by atoms with E-state index in [-0.39, 0.29) is 0 Å². The number of rotatable bonds is 5. The van der Waals surface area contributed by atoms with E-state index in [9.17, 15) is 9.59 Å². The lowest BCUT2D eigenvalue weighted by Gasteiger charge is -2.03. The molecular formula is C19H14BClN2O3. The van der Waals surface area contributed by atoms with E-state index in [1.54, 1.807) is 36.4 Å². The first-order valence-corrected chi connectivity index (χ1v) is 8.16. The molecule has 0 fully saturated rings. The van der Waals surface area contributed by atoms with Crippen molar-refractivity contribution in [1.82, 2.24) is 10.3 Å². The van der Waals surface area contributed by atoms with Gasteiger partial charge in [0.05, 0.1) is 11.3 Å². The number of hydrogen-bond acceptors (Lipinski definition) is 2. The largest absolute Gasteiger partial charge is 0.480 e. The van der Waals surface area contributed by atoms with Gasteiger partial charge in [-0.1, -0.05) is 47.4 Å². The molecule has 0 atom stereocenters. The van der Waals surface area contributed by atoms with Crippen molar-refractivity contribution in [1.29, 1.82) is 0 Å². The number of H-pyrrole nitrogens is 1. The van der Waals surface area contributed by atoms with Gasteiger partial charge in [0, 0.05) is 15.9 Å². The summed E-state index contributed by atoms with van der Waals surface area (Å²) in [5.41, 5.74) is 3.09. The van der Waals surface area contributed by atoms with Crippen LogP contribution in [0.3, 0.4) is 0 Å². The zero-order valence-electron chi connectivity index (χ0n) is 13.6. The van der Waals surface area contributed by atoms with E-state index < -0.39 is 18.4 Å². The minimum Gasteiger partial charge on any atom is -0.480 e. The summed E-state index contributed by atoms with van der Waals surface area (Å²) in [6, 6.07) is 12.4. The van der Waals surface area contributed by atoms with Gasteiger partial charge in [-0.25, -0.2) is 0 Å². The molecule has 1 aromatic heterocycles. The Kier molecular flexibility index (Phi) is 5.14. The minimum absolute atomic E-state index is 0.367. The molecule has 7 heteroatoms. The molecular weight excluding hydrogens is 350 g/mol. The third-order valence-corrected chi connectivity index (χ3v) is 4.04. The van der Waals surface area contributed by atoms with E-state index in [0.29, 0.717) is 32.6 Å². The molecule has 1 heterocycles. The fraction of sp³-hybridized carbons (Fsp3) is 0.0526. The van der Waals surface area contributed by atoms with Crippen molar-refractivity contribution in [3.8, 4) is 0 Å². The molecule has 26 heavy (non-hydrogen) atoms. The molecule has 0 spiro atoms. The third-order valence-electron chi connectivity index (χ3n) is 3.79. The molecule has 2 radical (unpaired) electrons. The Bertz CT molecular complexity index is 1010. The quantitative estimate of drug-likeness (QED) is 0.609. The van der Waals surface area contributed by atoms with E-state index >= 15 is 0 Å². The van der Waals surface area contributed by atoms with E-state index in [1.807, 2.05) is 18.2 Å². The van der Waals surface area contributed by atoms with Crippen LogP contribution < -0.4 is 10.8 Å². The van der Waals surface area contributed by atoms with Crippen LogP contribution in [0.15, 0.2) is 42.5 Å². The molecule has 0 aliphatic carbocycles. The van der Waals surface area contributed by atoms with Crippen molar-refractivity contribution in [2.75, 3.05) is 6.54 Å². The lowest BCUT2D eigenvalue weighted by molar-refractivity contribution is -0.135. The smallest absolute Gasteiger partial charge is 0.322 e. The summed E-state index contributed by atoms with van der Waals surface area (Å²) >= 11 is 5.88. The summed E-state index contributed by atoms with van der Waals surface area (Å²) in [6.07, 6.45) is 3.59. The maximum absolute atomic E-state index is 12.5. The summed E-state index contributed by atoms with van der Waals surface area (Å²) < 4.78 is 0. The maximum Gasteiger partial charge on any atom is 0.322 e. The first-order valence-electron chi connectivity index (χ1n) is 7.79. The van der Waals surface area contributed by atoms with Crippen molar-refractivity contribution in [2.45, 2.75) is 0 Å². The van der Waals surface area contributed by atoms with E-state index in [1.165, 1.54) is 0 Å². The Hall–Kier alpha value is -2.99. The van der Waals surface area contributed by atoms with Crippen molar-refractivity contribution in [3.63, 3.8) is 0 Å². The van der Waals surface area contributed by atoms with Crippen LogP contribution >= 0.6 is 11.6 Å². The molecule has 3 N–H and O–H groups in total. The highest BCUT2D eigenvalue weighted by Gasteiger charge is 2.17. The first kappa shape index (κ1) is 17.8. The highest BCUT2D eigenvalue weighted by molar-refractivity contribution is 6.33. The average Bonchev–Trinajstić information content (AvgIpc) is 2.96. The van der Waals surface area contributed by atoms with Crippen LogP contribution in [0.25, 0.3) is 23.1 Å². The summed E-state index contributed by atoms with van der Waals surface area (Å²) in [7, 11) is 5.81. The number of aromatic nitrogens is 1. The lowest BCUT2D eigenvalue weighted by atomic mass is 9.95. The zero-order valence-corrected chi connectivity index (χ0v) is 14.4. The third kappa shape index (κ3) is 3.98. The topological polar surface area (TPSA) is 82.2 Å². The number of carbonyl (C=O) groups excluding carboxylic acids is 1. The second-order valence-corrected chi connectivity index (χ2v) is 6.12. The fourth-order valence-corrected chi connectivity index (χ4v) is 2.73. The minimum atomic E-state index is -1.11. The van der Waals surface area contributed by atoms with Gasteiger partial charge in [-0.05, 0) is 29.8 Å². The lowest BCUT2D eigenvalue weighted by Crippen LogP contribution is -2.29. The summed E-state index contributed by atoms with van der Waals surface area (Å²) in [5.74, 6) is -1.58. The van der Waals surface area contributed by atoms with E-state index in [2.05, 4.69) is 10.3 Å². The van der Waals surface area contributed by atoms with Gasteiger partial charge in [0.25, 0.3) is 5.91 Å². The summed E-state index contributed by atoms with van der Waals surface area (Å²) in [4.78, 5) is 26.4. The van der Waals surface area contributed by atoms with Gasteiger partial charge in [0.15, 0.2) is 0 Å². The second-order valence-electron chi connectivity index (χ2n) is 5.68. The fourth-order valence-electron chi connectivity index (χ4n) is 2.60. The highest BCUT2D eigenvalue weighted by atomic mass is 35.5. The summed E-state index contributed by atoms with van der Waals surface area (Å²) in [6.45, 7) is -0.458. The predicted molar refractivity (Wildman–Crippen MR) is 104 cm³/mol. The highest BCUT2D eigenvalue weighted by Crippen LogP contribution is 2.24. The van der Waals surface area contributed by atoms with Gasteiger partial charge in [-0.15, -0.1) is 0 Å². The van der Waals surface area contributed by atoms with Crippen LogP contribution in [-0.2, 0) is 4.79 Å². The molecule has 0 unspecified atom stereocenters. The van der Waals surface area contributed by atoms with Gasteiger partial charge in [-0.2, -0.15) is 0 Å². The first-order chi connectivity index (χ1) is 12.4. The molecule has 0 aliphatic rings. The van der Waals surface area contributed by atoms with Gasteiger partial charge < -0.3 is 15.4 Å². The molecule has 0 saturated heterocycles. The van der Waals surface area contributed by atoms with Crippen LogP contribution in [0.5, 0.6) is 0 Å². The molecule has 128 valence electrons. The van der Waals surface area contributed by atoms with E-state index in [0.717, 1.165) is 5.56 Å². The van der Waals surface area contributed by atoms with Crippen LogP contribution in [0.1, 0.15) is 21.6 Å². The Morgan fingerprint density at radius 3 is 2.58 bits per heavy atom. The number of fused-ring (bicyclic) bond motifs is 1.